The van der Waals surface area contributed by atoms with E-state index in [1.165, 1.54) is 7.05 Å². The Balaban J connectivity index is 3.09. The Morgan fingerprint density at radius 2 is 2.06 bits per heavy atom. The SMILES string of the molecule is CN(CC(N)=O)c1cc(C(F)(F)F)nc(N)n1. The lowest BCUT2D eigenvalue weighted by atomic mass is 10.3. The van der Waals surface area contributed by atoms with E-state index in [0.29, 0.717) is 6.07 Å². The first-order valence-electron chi connectivity index (χ1n) is 4.41. The topological polar surface area (TPSA) is 98.1 Å². The van der Waals surface area contributed by atoms with Crippen LogP contribution < -0.4 is 16.4 Å². The van der Waals surface area contributed by atoms with E-state index < -0.39 is 23.7 Å². The van der Waals surface area contributed by atoms with Crippen LogP contribution in [-0.2, 0) is 11.0 Å². The molecule has 1 rings (SSSR count). The van der Waals surface area contributed by atoms with Gasteiger partial charge in [-0.3, -0.25) is 4.79 Å². The van der Waals surface area contributed by atoms with Crippen LogP contribution in [0.1, 0.15) is 5.69 Å². The third-order valence-electron chi connectivity index (χ3n) is 1.80. The minimum Gasteiger partial charge on any atom is -0.368 e. The smallest absolute Gasteiger partial charge is 0.368 e. The Morgan fingerprint density at radius 1 is 1.47 bits per heavy atom. The quantitative estimate of drug-likeness (QED) is 0.785. The van der Waals surface area contributed by atoms with Crippen LogP contribution in [0.3, 0.4) is 0 Å². The van der Waals surface area contributed by atoms with Crippen molar-refractivity contribution in [1.29, 1.82) is 0 Å². The van der Waals surface area contributed by atoms with Gasteiger partial charge in [-0.05, 0) is 0 Å². The van der Waals surface area contributed by atoms with E-state index in [4.69, 9.17) is 11.5 Å². The molecule has 1 heterocycles. The van der Waals surface area contributed by atoms with Gasteiger partial charge in [0.2, 0.25) is 11.9 Å². The number of amides is 1. The highest BCUT2D eigenvalue weighted by Crippen LogP contribution is 2.29. The van der Waals surface area contributed by atoms with Crippen molar-refractivity contribution in [3.05, 3.63) is 11.8 Å². The van der Waals surface area contributed by atoms with Gasteiger partial charge < -0.3 is 16.4 Å². The van der Waals surface area contributed by atoms with E-state index in [-0.39, 0.29) is 12.4 Å². The van der Waals surface area contributed by atoms with Crippen molar-refractivity contribution < 1.29 is 18.0 Å². The number of nitrogen functional groups attached to an aromatic ring is 1. The van der Waals surface area contributed by atoms with Gasteiger partial charge in [0.25, 0.3) is 0 Å². The number of hydrogen-bond acceptors (Lipinski definition) is 5. The van der Waals surface area contributed by atoms with E-state index in [1.807, 2.05) is 0 Å². The molecule has 0 aliphatic heterocycles. The average molecular weight is 249 g/mol. The van der Waals surface area contributed by atoms with Gasteiger partial charge in [0.05, 0.1) is 6.54 Å². The molecule has 0 unspecified atom stereocenters. The van der Waals surface area contributed by atoms with E-state index in [0.717, 1.165) is 4.90 Å². The molecule has 1 amide bonds. The van der Waals surface area contributed by atoms with Crippen LogP contribution in [0, 0.1) is 0 Å². The lowest BCUT2D eigenvalue weighted by Crippen LogP contribution is -2.31. The van der Waals surface area contributed by atoms with Crippen LogP contribution in [0.2, 0.25) is 0 Å². The zero-order valence-electron chi connectivity index (χ0n) is 8.82. The van der Waals surface area contributed by atoms with Crippen molar-refractivity contribution >= 4 is 17.7 Å². The average Bonchev–Trinajstić information content (AvgIpc) is 2.14. The number of nitrogens with zero attached hydrogens (tertiary/aromatic N) is 3. The van der Waals surface area contributed by atoms with Crippen molar-refractivity contribution in [3.8, 4) is 0 Å². The molecule has 1 aromatic heterocycles. The molecule has 0 fully saturated rings. The lowest BCUT2D eigenvalue weighted by Gasteiger charge is -2.17. The number of rotatable bonds is 3. The van der Waals surface area contributed by atoms with Crippen molar-refractivity contribution in [2.75, 3.05) is 24.2 Å². The first-order chi connectivity index (χ1) is 7.70. The minimum atomic E-state index is -4.63. The minimum absolute atomic E-state index is 0.122. The van der Waals surface area contributed by atoms with Gasteiger partial charge in [0, 0.05) is 13.1 Å². The van der Waals surface area contributed by atoms with Gasteiger partial charge in [-0.1, -0.05) is 0 Å². The summed E-state index contributed by atoms with van der Waals surface area (Å²) in [5.74, 6) is -1.34. The van der Waals surface area contributed by atoms with Crippen molar-refractivity contribution in [1.82, 2.24) is 9.97 Å². The van der Waals surface area contributed by atoms with Crippen molar-refractivity contribution in [2.24, 2.45) is 5.73 Å². The number of primary amides is 1. The maximum absolute atomic E-state index is 12.4. The fraction of sp³-hybridized carbons (Fsp3) is 0.375. The molecule has 17 heavy (non-hydrogen) atoms. The number of nitrogens with two attached hydrogens (primary N) is 2. The van der Waals surface area contributed by atoms with Crippen LogP contribution in [0.4, 0.5) is 24.9 Å². The van der Waals surface area contributed by atoms with E-state index in [2.05, 4.69) is 9.97 Å². The standard InChI is InChI=1S/C8H10F3N5O/c1-16(3-5(12)17)6-2-4(8(9,10)11)14-7(13)15-6/h2H,3H2,1H3,(H2,12,17)(H2,13,14,15). The number of likely N-dealkylation sites (N-methyl/N-ethyl adjacent to an activating group) is 1. The van der Waals surface area contributed by atoms with Gasteiger partial charge in [-0.25, -0.2) is 4.98 Å². The van der Waals surface area contributed by atoms with E-state index in [1.54, 1.807) is 0 Å². The van der Waals surface area contributed by atoms with Crippen molar-refractivity contribution in [3.63, 3.8) is 0 Å². The summed E-state index contributed by atoms with van der Waals surface area (Å²) in [5.41, 5.74) is 8.90. The predicted molar refractivity (Wildman–Crippen MR) is 53.9 cm³/mol. The number of hydrogen-bond donors (Lipinski definition) is 2. The fourth-order valence-corrected chi connectivity index (χ4v) is 1.11. The molecule has 0 aromatic carbocycles. The molecule has 94 valence electrons. The molecule has 6 nitrogen and oxygen atoms in total. The van der Waals surface area contributed by atoms with Crippen LogP contribution in [-0.4, -0.2) is 29.5 Å². The maximum Gasteiger partial charge on any atom is 0.433 e. The highest BCUT2D eigenvalue weighted by Gasteiger charge is 2.33. The summed E-state index contributed by atoms with van der Waals surface area (Å²) in [4.78, 5) is 18.4. The zero-order valence-corrected chi connectivity index (χ0v) is 8.82. The number of halogens is 3. The third kappa shape index (κ3) is 3.47. The monoisotopic (exact) mass is 249 g/mol. The first kappa shape index (κ1) is 13.0. The van der Waals surface area contributed by atoms with Gasteiger partial charge in [-0.15, -0.1) is 0 Å². The molecule has 0 aliphatic carbocycles. The molecule has 4 N–H and O–H groups in total. The maximum atomic E-state index is 12.4. The summed E-state index contributed by atoms with van der Waals surface area (Å²) < 4.78 is 37.3. The Morgan fingerprint density at radius 3 is 2.53 bits per heavy atom. The van der Waals surface area contributed by atoms with Crippen molar-refractivity contribution in [2.45, 2.75) is 6.18 Å². The summed E-state index contributed by atoms with van der Waals surface area (Å²) in [6.07, 6.45) is -4.63. The Labute approximate surface area is 94.4 Å². The molecule has 0 atom stereocenters. The Bertz CT molecular complexity index is 434. The largest absolute Gasteiger partial charge is 0.433 e. The summed E-state index contributed by atoms with van der Waals surface area (Å²) in [7, 11) is 1.37. The number of alkyl halides is 3. The number of anilines is 2. The fourth-order valence-electron chi connectivity index (χ4n) is 1.11. The first-order valence-corrected chi connectivity index (χ1v) is 4.41. The van der Waals surface area contributed by atoms with Crippen LogP contribution in [0.25, 0.3) is 0 Å². The van der Waals surface area contributed by atoms with Crippen LogP contribution in [0.15, 0.2) is 6.07 Å². The van der Waals surface area contributed by atoms with E-state index in [9.17, 15) is 18.0 Å². The van der Waals surface area contributed by atoms with Gasteiger partial charge in [0.1, 0.15) is 5.82 Å². The molecule has 0 aliphatic rings. The second-order valence-electron chi connectivity index (χ2n) is 3.29. The molecule has 1 aromatic rings. The molecule has 0 saturated carbocycles. The molecular formula is C8H10F3N5O. The lowest BCUT2D eigenvalue weighted by molar-refractivity contribution is -0.141. The molecule has 0 bridgehead atoms. The zero-order chi connectivity index (χ0) is 13.2. The van der Waals surface area contributed by atoms with Gasteiger partial charge in [-0.2, -0.15) is 18.2 Å². The number of aromatic nitrogens is 2. The summed E-state index contributed by atoms with van der Waals surface area (Å²) in [6.45, 7) is -0.270. The second-order valence-corrected chi connectivity index (χ2v) is 3.29. The summed E-state index contributed by atoms with van der Waals surface area (Å²) >= 11 is 0. The third-order valence-corrected chi connectivity index (χ3v) is 1.80. The normalized spacial score (nSPS) is 11.3. The molecular weight excluding hydrogens is 239 g/mol. The van der Waals surface area contributed by atoms with E-state index >= 15 is 0 Å². The second kappa shape index (κ2) is 4.44. The van der Waals surface area contributed by atoms with Gasteiger partial charge >= 0.3 is 6.18 Å². The molecule has 9 heteroatoms. The predicted octanol–water partition coefficient (Wildman–Crippen LogP) is -0.000900. The van der Waals surface area contributed by atoms with Crippen LogP contribution in [0.5, 0.6) is 0 Å². The highest BCUT2D eigenvalue weighted by atomic mass is 19.4. The molecule has 0 saturated heterocycles. The van der Waals surface area contributed by atoms with Crippen LogP contribution >= 0.6 is 0 Å². The highest BCUT2D eigenvalue weighted by molar-refractivity contribution is 5.79. The van der Waals surface area contributed by atoms with Gasteiger partial charge in [0.15, 0.2) is 5.69 Å². The summed E-state index contributed by atoms with van der Waals surface area (Å²) in [5, 5.41) is 0. The Kier molecular flexibility index (Phi) is 3.39. The number of carbonyl (C=O) groups is 1. The Hall–Kier alpha value is -2.06. The molecule has 0 spiro atoms. The summed E-state index contributed by atoms with van der Waals surface area (Å²) in [6, 6.07) is 0.694. The number of carbonyl (C=O) groups excluding carboxylic acids is 1. The molecule has 0 radical (unpaired) electrons.